The number of aryl methyl sites for hydroxylation is 1. The molecule has 4 heteroatoms. The van der Waals surface area contributed by atoms with E-state index in [1.54, 1.807) is 12.1 Å². The van der Waals surface area contributed by atoms with Crippen molar-refractivity contribution in [2.24, 2.45) is 0 Å². The van der Waals surface area contributed by atoms with Crippen LogP contribution < -0.4 is 10.1 Å². The first kappa shape index (κ1) is 14.3. The molecule has 1 rings (SSSR count). The van der Waals surface area contributed by atoms with E-state index in [1.165, 1.54) is 0 Å². The molecule has 0 saturated carbocycles. The van der Waals surface area contributed by atoms with Crippen LogP contribution in [0.25, 0.3) is 0 Å². The molecule has 96 valence electrons. The highest BCUT2D eigenvalue weighted by Gasteiger charge is 2.06. The summed E-state index contributed by atoms with van der Waals surface area (Å²) in [6.45, 7) is 6.81. The van der Waals surface area contributed by atoms with Crippen LogP contribution in [-0.4, -0.2) is 30.4 Å². The second kappa shape index (κ2) is 6.84. The van der Waals surface area contributed by atoms with E-state index in [4.69, 9.17) is 16.3 Å². The Balaban J connectivity index is 2.36. The van der Waals surface area contributed by atoms with Crippen molar-refractivity contribution >= 4 is 11.6 Å². The molecular weight excluding hydrogens is 238 g/mol. The molecule has 0 unspecified atom stereocenters. The normalized spacial score (nSPS) is 12.8. The molecule has 1 aromatic rings. The van der Waals surface area contributed by atoms with E-state index in [1.807, 2.05) is 26.8 Å². The van der Waals surface area contributed by atoms with Gasteiger partial charge in [0.1, 0.15) is 18.5 Å². The van der Waals surface area contributed by atoms with Gasteiger partial charge in [-0.15, -0.1) is 0 Å². The molecule has 0 aromatic heterocycles. The van der Waals surface area contributed by atoms with E-state index in [2.05, 4.69) is 5.32 Å². The summed E-state index contributed by atoms with van der Waals surface area (Å²) in [5.41, 5.74) is 0.971. The predicted octanol–water partition coefficient (Wildman–Crippen LogP) is 2.39. The maximum absolute atomic E-state index is 9.67. The van der Waals surface area contributed by atoms with Gasteiger partial charge >= 0.3 is 0 Å². The van der Waals surface area contributed by atoms with Gasteiger partial charge in [0.2, 0.25) is 0 Å². The quantitative estimate of drug-likeness (QED) is 0.822. The van der Waals surface area contributed by atoms with Crippen molar-refractivity contribution in [1.29, 1.82) is 0 Å². The molecule has 0 aliphatic carbocycles. The Kier molecular flexibility index (Phi) is 5.75. The Morgan fingerprint density at radius 1 is 1.41 bits per heavy atom. The predicted molar refractivity (Wildman–Crippen MR) is 70.8 cm³/mol. The second-order valence-corrected chi connectivity index (χ2v) is 4.85. The molecule has 0 heterocycles. The van der Waals surface area contributed by atoms with E-state index in [0.29, 0.717) is 12.6 Å². The largest absolute Gasteiger partial charge is 0.491 e. The van der Waals surface area contributed by atoms with E-state index in [-0.39, 0.29) is 6.61 Å². The smallest absolute Gasteiger partial charge is 0.119 e. The number of hydrogen-bond acceptors (Lipinski definition) is 3. The summed E-state index contributed by atoms with van der Waals surface area (Å²) < 4.78 is 5.49. The van der Waals surface area contributed by atoms with Gasteiger partial charge in [-0.1, -0.05) is 25.4 Å². The molecule has 0 amide bonds. The zero-order chi connectivity index (χ0) is 12.8. The summed E-state index contributed by atoms with van der Waals surface area (Å²) in [6, 6.07) is 5.83. The molecule has 1 atom stereocenters. The number of nitrogens with one attached hydrogen (secondary N) is 1. The Bertz CT molecular complexity index is 355. The zero-order valence-corrected chi connectivity index (χ0v) is 11.3. The Morgan fingerprint density at radius 3 is 2.71 bits per heavy atom. The second-order valence-electron chi connectivity index (χ2n) is 4.44. The lowest BCUT2D eigenvalue weighted by molar-refractivity contribution is 0.104. The van der Waals surface area contributed by atoms with Crippen LogP contribution >= 0.6 is 11.6 Å². The number of ether oxygens (including phenoxy) is 1. The fourth-order valence-electron chi connectivity index (χ4n) is 1.33. The number of aliphatic hydroxyl groups is 1. The molecule has 0 bridgehead atoms. The van der Waals surface area contributed by atoms with Crippen molar-refractivity contribution in [3.8, 4) is 5.75 Å². The third kappa shape index (κ3) is 5.39. The summed E-state index contributed by atoms with van der Waals surface area (Å²) in [5, 5.41) is 13.5. The van der Waals surface area contributed by atoms with Gasteiger partial charge < -0.3 is 15.2 Å². The van der Waals surface area contributed by atoms with Gasteiger partial charge in [-0.25, -0.2) is 0 Å². The molecule has 0 fully saturated rings. The van der Waals surface area contributed by atoms with Crippen LogP contribution in [-0.2, 0) is 0 Å². The van der Waals surface area contributed by atoms with Crippen molar-refractivity contribution in [3.63, 3.8) is 0 Å². The van der Waals surface area contributed by atoms with Crippen LogP contribution in [0, 0.1) is 6.92 Å². The minimum absolute atomic E-state index is 0.279. The summed E-state index contributed by atoms with van der Waals surface area (Å²) in [4.78, 5) is 0. The first-order valence-corrected chi connectivity index (χ1v) is 6.17. The number of halogens is 1. The molecule has 0 aliphatic rings. The monoisotopic (exact) mass is 257 g/mol. The van der Waals surface area contributed by atoms with Crippen molar-refractivity contribution in [1.82, 2.24) is 5.32 Å². The number of rotatable bonds is 6. The van der Waals surface area contributed by atoms with Crippen LogP contribution in [0.2, 0.25) is 5.02 Å². The summed E-state index contributed by atoms with van der Waals surface area (Å²) in [6.07, 6.45) is -0.506. The third-order valence-electron chi connectivity index (χ3n) is 2.33. The van der Waals surface area contributed by atoms with Gasteiger partial charge in [0.25, 0.3) is 0 Å². The fraction of sp³-hybridized carbons (Fsp3) is 0.538. The highest BCUT2D eigenvalue weighted by atomic mass is 35.5. The Hall–Kier alpha value is -0.770. The highest BCUT2D eigenvalue weighted by Crippen LogP contribution is 2.20. The first-order valence-electron chi connectivity index (χ1n) is 5.79. The summed E-state index contributed by atoms with van der Waals surface area (Å²) in [7, 11) is 0. The topological polar surface area (TPSA) is 41.5 Å². The zero-order valence-electron chi connectivity index (χ0n) is 10.5. The van der Waals surface area contributed by atoms with E-state index in [9.17, 15) is 5.11 Å². The summed E-state index contributed by atoms with van der Waals surface area (Å²) in [5.74, 6) is 0.732. The van der Waals surface area contributed by atoms with Gasteiger partial charge in [-0.05, 0) is 30.7 Å². The van der Waals surface area contributed by atoms with Gasteiger partial charge in [0.15, 0.2) is 0 Å². The van der Waals surface area contributed by atoms with Crippen LogP contribution in [0.4, 0.5) is 0 Å². The average molecular weight is 258 g/mol. The first-order chi connectivity index (χ1) is 7.99. The maximum Gasteiger partial charge on any atom is 0.119 e. The Labute approximate surface area is 108 Å². The summed E-state index contributed by atoms with van der Waals surface area (Å²) >= 11 is 5.91. The minimum Gasteiger partial charge on any atom is -0.491 e. The lowest BCUT2D eigenvalue weighted by Crippen LogP contribution is -2.35. The van der Waals surface area contributed by atoms with Crippen molar-refractivity contribution in [2.45, 2.75) is 32.9 Å². The van der Waals surface area contributed by atoms with Gasteiger partial charge in [0.05, 0.1) is 0 Å². The maximum atomic E-state index is 9.67. The van der Waals surface area contributed by atoms with Crippen LogP contribution in [0.5, 0.6) is 5.75 Å². The number of aliphatic hydroxyl groups excluding tert-OH is 1. The van der Waals surface area contributed by atoms with Crippen molar-refractivity contribution in [2.75, 3.05) is 13.2 Å². The molecule has 3 nitrogen and oxygen atoms in total. The van der Waals surface area contributed by atoms with Crippen LogP contribution in [0.1, 0.15) is 19.4 Å². The van der Waals surface area contributed by atoms with E-state index >= 15 is 0 Å². The van der Waals surface area contributed by atoms with Crippen molar-refractivity contribution < 1.29 is 9.84 Å². The molecule has 2 N–H and O–H groups in total. The Morgan fingerprint density at radius 2 is 2.12 bits per heavy atom. The molecule has 0 spiro atoms. The molecule has 1 aromatic carbocycles. The lowest BCUT2D eigenvalue weighted by Gasteiger charge is -2.15. The molecule has 0 aliphatic heterocycles. The molecular formula is C13H20ClNO2. The van der Waals surface area contributed by atoms with Crippen LogP contribution in [0.3, 0.4) is 0 Å². The van der Waals surface area contributed by atoms with Gasteiger partial charge in [-0.2, -0.15) is 0 Å². The third-order valence-corrected chi connectivity index (χ3v) is 2.76. The highest BCUT2D eigenvalue weighted by molar-refractivity contribution is 6.31. The molecule has 0 saturated heterocycles. The molecule has 17 heavy (non-hydrogen) atoms. The van der Waals surface area contributed by atoms with Crippen LogP contribution in [0.15, 0.2) is 18.2 Å². The molecule has 0 radical (unpaired) electrons. The van der Waals surface area contributed by atoms with Gasteiger partial charge in [0, 0.05) is 17.6 Å². The SMILES string of the molecule is Cc1cc(OC[C@H](O)CNC(C)C)ccc1Cl. The number of benzene rings is 1. The van der Waals surface area contributed by atoms with Gasteiger partial charge in [-0.3, -0.25) is 0 Å². The average Bonchev–Trinajstić information content (AvgIpc) is 2.28. The van der Waals surface area contributed by atoms with E-state index < -0.39 is 6.10 Å². The minimum atomic E-state index is -0.506. The van der Waals surface area contributed by atoms with Crippen molar-refractivity contribution in [3.05, 3.63) is 28.8 Å². The number of hydrogen-bond donors (Lipinski definition) is 2. The standard InChI is InChI=1S/C13H20ClNO2/c1-9(2)15-7-11(16)8-17-12-4-5-13(14)10(3)6-12/h4-6,9,11,15-16H,7-8H2,1-3H3/t11-/m1/s1. The fourth-order valence-corrected chi connectivity index (χ4v) is 1.45. The lowest BCUT2D eigenvalue weighted by atomic mass is 10.2. The van der Waals surface area contributed by atoms with E-state index in [0.717, 1.165) is 16.3 Å².